The van der Waals surface area contributed by atoms with Gasteiger partial charge in [-0.2, -0.15) is 0 Å². The van der Waals surface area contributed by atoms with Gasteiger partial charge in [0.15, 0.2) is 11.5 Å². The topological polar surface area (TPSA) is 54.0 Å². The molecule has 0 spiro atoms. The summed E-state index contributed by atoms with van der Waals surface area (Å²) in [7, 11) is 1.52. The molecule has 1 aliphatic heterocycles. The van der Waals surface area contributed by atoms with Crippen molar-refractivity contribution in [2.75, 3.05) is 20.3 Å². The Morgan fingerprint density at radius 3 is 2.78 bits per heavy atom. The predicted molar refractivity (Wildman–Crippen MR) is 84.3 cm³/mol. The summed E-state index contributed by atoms with van der Waals surface area (Å²) >= 11 is 0. The van der Waals surface area contributed by atoms with E-state index in [1.807, 2.05) is 31.2 Å². The van der Waals surface area contributed by atoms with Gasteiger partial charge in [0.05, 0.1) is 12.7 Å². The fraction of sp³-hybridized carbons (Fsp3) is 0.278. The number of carbonyl (C=O) groups is 1. The number of fused-ring (bicyclic) bond motifs is 1. The van der Waals surface area contributed by atoms with Crippen LogP contribution in [-0.2, 0) is 11.3 Å². The zero-order valence-corrected chi connectivity index (χ0v) is 13.1. The van der Waals surface area contributed by atoms with Gasteiger partial charge in [-0.1, -0.05) is 29.8 Å². The van der Waals surface area contributed by atoms with E-state index < -0.39 is 5.97 Å². The van der Waals surface area contributed by atoms with Gasteiger partial charge in [-0.25, -0.2) is 4.79 Å². The summed E-state index contributed by atoms with van der Waals surface area (Å²) in [4.78, 5) is 12.3. The van der Waals surface area contributed by atoms with Gasteiger partial charge in [0, 0.05) is 0 Å². The first-order chi connectivity index (χ1) is 11.2. The standard InChI is InChI=1S/C18H18O5/c1-12-4-3-5-13(8-12)11-23-18(19)14-9-15(20-2)17-16(10-14)21-6-7-22-17/h3-5,8-10H,6-7,11H2,1-2H3. The molecule has 2 aromatic rings. The lowest BCUT2D eigenvalue weighted by Gasteiger charge is -2.21. The molecular formula is C18H18O5. The number of carbonyl (C=O) groups excluding carboxylic acids is 1. The number of hydrogen-bond acceptors (Lipinski definition) is 5. The molecule has 0 aromatic heterocycles. The minimum Gasteiger partial charge on any atom is -0.493 e. The fourth-order valence-electron chi connectivity index (χ4n) is 2.43. The van der Waals surface area contributed by atoms with E-state index in [0.717, 1.165) is 11.1 Å². The Kier molecular flexibility index (Phi) is 4.37. The maximum absolute atomic E-state index is 12.3. The fourth-order valence-corrected chi connectivity index (χ4v) is 2.43. The number of hydrogen-bond donors (Lipinski definition) is 0. The normalized spacial score (nSPS) is 12.6. The third-order valence-electron chi connectivity index (χ3n) is 3.52. The highest BCUT2D eigenvalue weighted by Gasteiger charge is 2.21. The molecule has 0 bridgehead atoms. The lowest BCUT2D eigenvalue weighted by atomic mass is 10.1. The summed E-state index contributed by atoms with van der Waals surface area (Å²) in [5.74, 6) is 1.05. The van der Waals surface area contributed by atoms with Crippen LogP contribution in [0.1, 0.15) is 21.5 Å². The number of ether oxygens (including phenoxy) is 4. The average molecular weight is 314 g/mol. The Labute approximate surface area is 134 Å². The Morgan fingerprint density at radius 1 is 1.17 bits per heavy atom. The molecule has 0 N–H and O–H groups in total. The summed E-state index contributed by atoms with van der Waals surface area (Å²) in [6, 6.07) is 11.1. The van der Waals surface area contributed by atoms with Gasteiger partial charge >= 0.3 is 5.97 Å². The smallest absolute Gasteiger partial charge is 0.338 e. The van der Waals surface area contributed by atoms with Crippen LogP contribution in [0.2, 0.25) is 0 Å². The van der Waals surface area contributed by atoms with Crippen molar-refractivity contribution in [3.05, 3.63) is 53.1 Å². The third kappa shape index (κ3) is 3.39. The number of aryl methyl sites for hydroxylation is 1. The Morgan fingerprint density at radius 2 is 2.00 bits per heavy atom. The highest BCUT2D eigenvalue weighted by molar-refractivity contribution is 5.91. The van der Waals surface area contributed by atoms with Crippen LogP contribution < -0.4 is 14.2 Å². The molecule has 5 nitrogen and oxygen atoms in total. The molecule has 0 fully saturated rings. The Hall–Kier alpha value is -2.69. The molecular weight excluding hydrogens is 296 g/mol. The van der Waals surface area contributed by atoms with E-state index in [0.29, 0.717) is 36.0 Å². The summed E-state index contributed by atoms with van der Waals surface area (Å²) < 4.78 is 21.7. The van der Waals surface area contributed by atoms with Crippen molar-refractivity contribution in [2.45, 2.75) is 13.5 Å². The van der Waals surface area contributed by atoms with E-state index in [9.17, 15) is 4.79 Å². The van der Waals surface area contributed by atoms with Gasteiger partial charge in [0.25, 0.3) is 0 Å². The van der Waals surface area contributed by atoms with Crippen molar-refractivity contribution < 1.29 is 23.7 Å². The van der Waals surface area contributed by atoms with Gasteiger partial charge in [0.1, 0.15) is 19.8 Å². The van der Waals surface area contributed by atoms with Gasteiger partial charge in [-0.15, -0.1) is 0 Å². The van der Waals surface area contributed by atoms with Crippen molar-refractivity contribution in [1.82, 2.24) is 0 Å². The van der Waals surface area contributed by atoms with Crippen LogP contribution in [0.4, 0.5) is 0 Å². The van der Waals surface area contributed by atoms with Crippen LogP contribution in [0.15, 0.2) is 36.4 Å². The number of methoxy groups -OCH3 is 1. The molecule has 23 heavy (non-hydrogen) atoms. The van der Waals surface area contributed by atoms with Crippen molar-refractivity contribution in [3.8, 4) is 17.2 Å². The van der Waals surface area contributed by atoms with Crippen molar-refractivity contribution in [2.24, 2.45) is 0 Å². The quantitative estimate of drug-likeness (QED) is 0.812. The SMILES string of the molecule is COc1cc(C(=O)OCc2cccc(C)c2)cc2c1OCCO2. The zero-order chi connectivity index (χ0) is 16.2. The summed E-state index contributed by atoms with van der Waals surface area (Å²) in [6.07, 6.45) is 0. The van der Waals surface area contributed by atoms with E-state index in [2.05, 4.69) is 0 Å². The number of benzene rings is 2. The van der Waals surface area contributed by atoms with Crippen LogP contribution in [-0.4, -0.2) is 26.3 Å². The minimum atomic E-state index is -0.429. The second kappa shape index (κ2) is 6.60. The molecule has 120 valence electrons. The Balaban J connectivity index is 1.77. The molecule has 0 amide bonds. The Bertz CT molecular complexity index is 706. The largest absolute Gasteiger partial charge is 0.493 e. The van der Waals surface area contributed by atoms with Crippen LogP contribution in [0.25, 0.3) is 0 Å². The molecule has 0 unspecified atom stereocenters. The van der Waals surface area contributed by atoms with E-state index in [4.69, 9.17) is 18.9 Å². The van der Waals surface area contributed by atoms with E-state index in [-0.39, 0.29) is 6.61 Å². The molecule has 0 aliphatic carbocycles. The van der Waals surface area contributed by atoms with Crippen LogP contribution in [0.3, 0.4) is 0 Å². The van der Waals surface area contributed by atoms with Crippen molar-refractivity contribution in [3.63, 3.8) is 0 Å². The maximum atomic E-state index is 12.3. The monoisotopic (exact) mass is 314 g/mol. The first-order valence-corrected chi connectivity index (χ1v) is 7.37. The highest BCUT2D eigenvalue weighted by Crippen LogP contribution is 2.40. The van der Waals surface area contributed by atoms with E-state index >= 15 is 0 Å². The summed E-state index contributed by atoms with van der Waals surface area (Å²) in [5, 5.41) is 0. The molecule has 3 rings (SSSR count). The first-order valence-electron chi connectivity index (χ1n) is 7.37. The van der Waals surface area contributed by atoms with Gasteiger partial charge in [0.2, 0.25) is 5.75 Å². The van der Waals surface area contributed by atoms with Gasteiger partial charge in [-0.05, 0) is 24.6 Å². The lowest BCUT2D eigenvalue weighted by molar-refractivity contribution is 0.0471. The van der Waals surface area contributed by atoms with Crippen molar-refractivity contribution in [1.29, 1.82) is 0 Å². The molecule has 0 saturated carbocycles. The van der Waals surface area contributed by atoms with Gasteiger partial charge < -0.3 is 18.9 Å². The first kappa shape index (κ1) is 15.2. The average Bonchev–Trinajstić information content (AvgIpc) is 2.58. The number of esters is 1. The second-order valence-electron chi connectivity index (χ2n) is 5.27. The van der Waals surface area contributed by atoms with E-state index in [1.54, 1.807) is 12.1 Å². The third-order valence-corrected chi connectivity index (χ3v) is 3.52. The summed E-state index contributed by atoms with van der Waals surface area (Å²) in [6.45, 7) is 3.12. The predicted octanol–water partition coefficient (Wildman–Crippen LogP) is 3.13. The maximum Gasteiger partial charge on any atom is 0.338 e. The minimum absolute atomic E-state index is 0.220. The molecule has 2 aromatic carbocycles. The highest BCUT2D eigenvalue weighted by atomic mass is 16.6. The molecule has 0 atom stereocenters. The van der Waals surface area contributed by atoms with Crippen LogP contribution >= 0.6 is 0 Å². The molecule has 1 aliphatic rings. The number of rotatable bonds is 4. The molecule has 0 radical (unpaired) electrons. The lowest BCUT2D eigenvalue weighted by Crippen LogP contribution is -2.17. The van der Waals surface area contributed by atoms with Crippen molar-refractivity contribution >= 4 is 5.97 Å². The molecule has 5 heteroatoms. The van der Waals surface area contributed by atoms with Crippen LogP contribution in [0, 0.1) is 6.92 Å². The van der Waals surface area contributed by atoms with Crippen LogP contribution in [0.5, 0.6) is 17.2 Å². The zero-order valence-electron chi connectivity index (χ0n) is 13.1. The van der Waals surface area contributed by atoms with Gasteiger partial charge in [-0.3, -0.25) is 0 Å². The molecule has 0 saturated heterocycles. The molecule has 1 heterocycles. The summed E-state index contributed by atoms with van der Waals surface area (Å²) in [5.41, 5.74) is 2.45. The van der Waals surface area contributed by atoms with E-state index in [1.165, 1.54) is 7.11 Å². The second-order valence-corrected chi connectivity index (χ2v) is 5.27.